The maximum absolute atomic E-state index is 2.41. The molecule has 2 bridgehead atoms. The van der Waals surface area contributed by atoms with Crippen molar-refractivity contribution in [3.63, 3.8) is 0 Å². The second kappa shape index (κ2) is 10.9. The molecule has 0 saturated carbocycles. The summed E-state index contributed by atoms with van der Waals surface area (Å²) < 4.78 is 0. The molecule has 1 aliphatic rings. The Morgan fingerprint density at radius 1 is 0.600 bits per heavy atom. The van der Waals surface area contributed by atoms with Crippen LogP contribution in [-0.4, -0.2) is 0 Å². The first-order valence-corrected chi connectivity index (χ1v) is 12.4. The molecule has 0 aliphatic heterocycles. The molecule has 0 amide bonds. The minimum Gasteiger partial charge on any atom is -0.314 e. The number of anilines is 2. The van der Waals surface area contributed by atoms with Crippen LogP contribution in [0.15, 0.2) is 127 Å². The molecule has 1 heteroatoms. The number of benzene rings is 4. The van der Waals surface area contributed by atoms with Crippen molar-refractivity contribution in [1.29, 1.82) is 0 Å². The highest BCUT2D eigenvalue weighted by atomic mass is 15.1. The van der Waals surface area contributed by atoms with Crippen molar-refractivity contribution in [2.45, 2.75) is 26.2 Å². The van der Waals surface area contributed by atoms with Crippen LogP contribution in [0.1, 0.15) is 34.2 Å². The fraction of sp³-hybridized carbons (Fsp3) is 0.118. The normalized spacial score (nSPS) is 15.9. The summed E-state index contributed by atoms with van der Waals surface area (Å²) in [6, 6.07) is 36.7. The molecule has 172 valence electrons. The van der Waals surface area contributed by atoms with Gasteiger partial charge in [0.15, 0.2) is 0 Å². The fourth-order valence-corrected chi connectivity index (χ4v) is 4.65. The van der Waals surface area contributed by atoms with Gasteiger partial charge in [-0.05, 0) is 71.8 Å². The van der Waals surface area contributed by atoms with Gasteiger partial charge in [-0.15, -0.1) is 0 Å². The first-order chi connectivity index (χ1) is 17.3. The van der Waals surface area contributed by atoms with Crippen LogP contribution in [0.3, 0.4) is 0 Å². The molecule has 5 rings (SSSR count). The van der Waals surface area contributed by atoms with Crippen molar-refractivity contribution in [2.24, 2.45) is 0 Å². The molecule has 0 N–H and O–H groups in total. The highest BCUT2D eigenvalue weighted by molar-refractivity contribution is 5.73. The third-order valence-corrected chi connectivity index (χ3v) is 6.64. The second-order valence-corrected chi connectivity index (χ2v) is 8.99. The monoisotopic (exact) mass is 453 g/mol. The van der Waals surface area contributed by atoms with Gasteiger partial charge in [0, 0.05) is 23.5 Å². The number of rotatable bonds is 5. The number of para-hydroxylation sites is 1. The quantitative estimate of drug-likeness (QED) is 0.215. The second-order valence-electron chi connectivity index (χ2n) is 8.99. The van der Waals surface area contributed by atoms with Crippen molar-refractivity contribution in [1.82, 2.24) is 0 Å². The van der Waals surface area contributed by atoms with Crippen molar-refractivity contribution < 1.29 is 0 Å². The van der Waals surface area contributed by atoms with Crippen LogP contribution >= 0.6 is 0 Å². The van der Waals surface area contributed by atoms with Crippen LogP contribution in [-0.2, 0) is 12.8 Å². The highest BCUT2D eigenvalue weighted by Crippen LogP contribution is 2.33. The highest BCUT2D eigenvalue weighted by Gasteiger charge is 2.17. The predicted octanol–water partition coefficient (Wildman–Crippen LogP) is 8.93. The van der Waals surface area contributed by atoms with Crippen molar-refractivity contribution in [3.8, 4) is 0 Å². The van der Waals surface area contributed by atoms with Crippen molar-refractivity contribution >= 4 is 23.5 Å². The Balaban J connectivity index is 1.51. The smallest absolute Gasteiger partial charge is 0.0458 e. The van der Waals surface area contributed by atoms with Gasteiger partial charge in [0.25, 0.3) is 0 Å². The summed E-state index contributed by atoms with van der Waals surface area (Å²) >= 11 is 0. The van der Waals surface area contributed by atoms with E-state index in [0.717, 1.165) is 19.3 Å². The molecule has 4 aromatic rings. The summed E-state index contributed by atoms with van der Waals surface area (Å²) in [4.78, 5) is 2.41. The standard InChI is InChI=1S/C34H31N/c1-27-30-14-7-3-10-19-34(26-31(27)16-11-15-30)35(32-17-8-4-9-18-32)33-24-22-29(23-25-33)21-20-28-12-5-2-6-13-28/h2-9,11-13,15-25H,10,14,26H2,1H3/b7-3-,21-20?,34-19+. The lowest BCUT2D eigenvalue weighted by Crippen LogP contribution is -2.19. The van der Waals surface area contributed by atoms with Gasteiger partial charge < -0.3 is 4.90 Å². The van der Waals surface area contributed by atoms with Gasteiger partial charge >= 0.3 is 0 Å². The molecule has 0 fully saturated rings. The third kappa shape index (κ3) is 5.53. The van der Waals surface area contributed by atoms with E-state index >= 15 is 0 Å². The van der Waals surface area contributed by atoms with Crippen molar-refractivity contribution in [2.75, 3.05) is 4.90 Å². The maximum Gasteiger partial charge on any atom is 0.0458 e. The Morgan fingerprint density at radius 2 is 1.23 bits per heavy atom. The number of hydrogen-bond donors (Lipinski definition) is 0. The first kappa shape index (κ1) is 22.7. The molecule has 0 radical (unpaired) electrons. The Bertz CT molecular complexity index is 1340. The minimum absolute atomic E-state index is 0.901. The van der Waals surface area contributed by atoms with E-state index in [9.17, 15) is 0 Å². The first-order valence-electron chi connectivity index (χ1n) is 12.4. The molecule has 1 nitrogen and oxygen atoms in total. The maximum atomic E-state index is 2.41. The molecule has 0 spiro atoms. The minimum atomic E-state index is 0.901. The van der Waals surface area contributed by atoms with Gasteiger partial charge in [-0.2, -0.15) is 0 Å². The number of allylic oxidation sites excluding steroid dienone is 4. The van der Waals surface area contributed by atoms with E-state index in [1.807, 2.05) is 6.07 Å². The summed E-state index contributed by atoms with van der Waals surface area (Å²) in [7, 11) is 0. The van der Waals surface area contributed by atoms with Gasteiger partial charge in [0.2, 0.25) is 0 Å². The van der Waals surface area contributed by atoms with Gasteiger partial charge in [0.1, 0.15) is 0 Å². The summed E-state index contributed by atoms with van der Waals surface area (Å²) in [5.41, 5.74) is 10.3. The molecular weight excluding hydrogens is 422 g/mol. The molecule has 0 atom stereocenters. The van der Waals surface area contributed by atoms with Crippen molar-refractivity contribution in [3.05, 3.63) is 155 Å². The van der Waals surface area contributed by atoms with E-state index in [4.69, 9.17) is 0 Å². The van der Waals surface area contributed by atoms with Gasteiger partial charge in [-0.3, -0.25) is 0 Å². The predicted molar refractivity (Wildman–Crippen MR) is 151 cm³/mol. The van der Waals surface area contributed by atoms with E-state index in [2.05, 4.69) is 139 Å². The summed E-state index contributed by atoms with van der Waals surface area (Å²) in [5, 5.41) is 0. The third-order valence-electron chi connectivity index (χ3n) is 6.64. The summed E-state index contributed by atoms with van der Waals surface area (Å²) in [6.45, 7) is 2.26. The van der Waals surface area contributed by atoms with Crippen LogP contribution in [0.5, 0.6) is 0 Å². The molecule has 4 aromatic carbocycles. The largest absolute Gasteiger partial charge is 0.314 e. The molecule has 0 saturated heterocycles. The zero-order valence-corrected chi connectivity index (χ0v) is 20.3. The Hall–Kier alpha value is -4.10. The summed E-state index contributed by atoms with van der Waals surface area (Å²) in [6.07, 6.45) is 14.1. The Kier molecular flexibility index (Phi) is 7.05. The van der Waals surface area contributed by atoms with Gasteiger partial charge in [-0.25, -0.2) is 0 Å². The van der Waals surface area contributed by atoms with Crippen LogP contribution in [0.2, 0.25) is 0 Å². The SMILES string of the molecule is Cc1c2cccc1C/C(N(c1ccccc1)c1ccc(C=Cc3ccccc3)cc1)=C\C/C=C\C2. The number of fused-ring (bicyclic) bond motifs is 2. The fourth-order valence-electron chi connectivity index (χ4n) is 4.65. The topological polar surface area (TPSA) is 3.24 Å². The molecule has 1 aliphatic carbocycles. The lowest BCUT2D eigenvalue weighted by molar-refractivity contribution is 0.999. The molecular formula is C34H31N. The lowest BCUT2D eigenvalue weighted by atomic mass is 9.95. The molecule has 0 aromatic heterocycles. The average Bonchev–Trinajstić information content (AvgIpc) is 2.90. The van der Waals surface area contributed by atoms with E-state index in [0.29, 0.717) is 0 Å². The van der Waals surface area contributed by atoms with Crippen LogP contribution in [0.4, 0.5) is 11.4 Å². The number of nitrogens with zero attached hydrogens (tertiary/aromatic N) is 1. The zero-order chi connectivity index (χ0) is 23.9. The van der Waals surface area contributed by atoms with Crippen LogP contribution < -0.4 is 4.90 Å². The summed E-state index contributed by atoms with van der Waals surface area (Å²) in [5.74, 6) is 0. The zero-order valence-electron chi connectivity index (χ0n) is 20.3. The molecule has 0 heterocycles. The van der Waals surface area contributed by atoms with E-state index in [-0.39, 0.29) is 0 Å². The Labute approximate surface area is 209 Å². The van der Waals surface area contributed by atoms with Crippen LogP contribution in [0.25, 0.3) is 12.2 Å². The van der Waals surface area contributed by atoms with E-state index < -0.39 is 0 Å². The molecule has 0 unspecified atom stereocenters. The van der Waals surface area contributed by atoms with E-state index in [1.54, 1.807) is 0 Å². The molecule has 35 heavy (non-hydrogen) atoms. The van der Waals surface area contributed by atoms with E-state index in [1.165, 1.54) is 44.9 Å². The number of hydrogen-bond acceptors (Lipinski definition) is 1. The average molecular weight is 454 g/mol. The van der Waals surface area contributed by atoms with Gasteiger partial charge in [0.05, 0.1) is 0 Å². The lowest BCUT2D eigenvalue weighted by Gasteiger charge is -2.29. The van der Waals surface area contributed by atoms with Gasteiger partial charge in [-0.1, -0.05) is 109 Å². The Morgan fingerprint density at radius 3 is 1.97 bits per heavy atom. The van der Waals surface area contributed by atoms with Crippen LogP contribution in [0, 0.1) is 6.92 Å².